The van der Waals surface area contributed by atoms with Crippen LogP contribution in [0.2, 0.25) is 0 Å². The van der Waals surface area contributed by atoms with E-state index in [0.717, 1.165) is 44.0 Å². The van der Waals surface area contributed by atoms with Crippen molar-refractivity contribution in [2.75, 3.05) is 0 Å². The van der Waals surface area contributed by atoms with Gasteiger partial charge in [0.2, 0.25) is 0 Å². The highest BCUT2D eigenvalue weighted by Gasteiger charge is 2.28. The van der Waals surface area contributed by atoms with Crippen molar-refractivity contribution in [2.24, 2.45) is 0 Å². The molecule has 0 spiro atoms. The number of carbonyl (C=O) groups is 1. The number of hydrogen-bond acceptors (Lipinski definition) is 8. The van der Waals surface area contributed by atoms with Gasteiger partial charge in [0.15, 0.2) is 5.69 Å². The Bertz CT molecular complexity index is 2430. The van der Waals surface area contributed by atoms with Crippen LogP contribution >= 0.6 is 11.3 Å². The van der Waals surface area contributed by atoms with Crippen LogP contribution < -0.4 is 9.90 Å². The average molecular weight is 714 g/mol. The van der Waals surface area contributed by atoms with Crippen LogP contribution in [0.3, 0.4) is 0 Å². The number of rotatable bonds is 10. The lowest BCUT2D eigenvalue weighted by Gasteiger charge is -2.05. The summed E-state index contributed by atoms with van der Waals surface area (Å²) in [4.78, 5) is 20.8. The first-order valence-electron chi connectivity index (χ1n) is 16.9. The van der Waals surface area contributed by atoms with Crippen molar-refractivity contribution < 1.29 is 24.9 Å². The largest absolute Gasteiger partial charge is 0.545 e. The third-order valence-corrected chi connectivity index (χ3v) is 10.1. The van der Waals surface area contributed by atoms with Gasteiger partial charge >= 0.3 is 5.13 Å². The molecule has 0 aliphatic heterocycles. The van der Waals surface area contributed by atoms with Crippen molar-refractivity contribution in [3.05, 3.63) is 168 Å². The average Bonchev–Trinajstić information content (AvgIpc) is 3.87. The fourth-order valence-electron chi connectivity index (χ4n) is 6.17. The predicted molar refractivity (Wildman–Crippen MR) is 202 cm³/mol. The van der Waals surface area contributed by atoms with Crippen LogP contribution in [0.25, 0.3) is 66.2 Å². The Morgan fingerprint density at radius 1 is 0.623 bits per heavy atom. The lowest BCUT2D eigenvalue weighted by Crippen LogP contribution is -2.43. The first-order valence-corrected chi connectivity index (χ1v) is 17.7. The lowest BCUT2D eigenvalue weighted by atomic mass is 10.00. The maximum Gasteiger partial charge on any atom is 0.365 e. The van der Waals surface area contributed by atoms with Crippen LogP contribution in [0.1, 0.15) is 21.5 Å². The molecule has 8 rings (SSSR count). The summed E-state index contributed by atoms with van der Waals surface area (Å²) in [6.07, 6.45) is 0. The molecule has 0 aliphatic rings. The van der Waals surface area contributed by atoms with E-state index in [9.17, 15) is 20.1 Å². The Morgan fingerprint density at radius 2 is 1.15 bits per heavy atom. The maximum atomic E-state index is 11.6. The molecular formula is C43H31N5O4S. The van der Waals surface area contributed by atoms with Crippen molar-refractivity contribution in [3.8, 4) is 66.2 Å². The minimum Gasteiger partial charge on any atom is -0.545 e. The number of benzene rings is 6. The molecule has 2 aromatic heterocycles. The van der Waals surface area contributed by atoms with Gasteiger partial charge in [-0.2, -0.15) is 0 Å². The number of carboxylic acids is 1. The van der Waals surface area contributed by atoms with Crippen LogP contribution in [0.5, 0.6) is 0 Å². The summed E-state index contributed by atoms with van der Waals surface area (Å²) in [7, 11) is 0. The molecule has 0 aliphatic carbocycles. The Morgan fingerprint density at radius 3 is 1.72 bits per heavy atom. The molecule has 10 heteroatoms. The summed E-state index contributed by atoms with van der Waals surface area (Å²) in [5, 5.41) is 41.6. The Hall–Kier alpha value is -6.59. The second-order valence-electron chi connectivity index (χ2n) is 12.3. The number of nitrogens with zero attached hydrogens (tertiary/aromatic N) is 5. The zero-order valence-corrected chi connectivity index (χ0v) is 29.0. The van der Waals surface area contributed by atoms with E-state index >= 15 is 0 Å². The minimum atomic E-state index is -1.28. The van der Waals surface area contributed by atoms with E-state index in [1.54, 1.807) is 39.9 Å². The maximum absolute atomic E-state index is 11.6. The number of carbonyl (C=O) groups excluding carboxylic acids is 1. The van der Waals surface area contributed by atoms with Gasteiger partial charge in [-0.25, -0.2) is 0 Å². The Labute approximate surface area is 309 Å². The monoisotopic (exact) mass is 713 g/mol. The number of hydrogen-bond donors (Lipinski definition) is 2. The second kappa shape index (κ2) is 14.6. The molecule has 0 saturated carbocycles. The van der Waals surface area contributed by atoms with Crippen molar-refractivity contribution >= 4 is 17.3 Å². The molecular weight excluding hydrogens is 683 g/mol. The summed E-state index contributed by atoms with van der Waals surface area (Å²) in [6.45, 7) is -0.480. The molecule has 0 bridgehead atoms. The molecule has 6 aromatic carbocycles. The van der Waals surface area contributed by atoms with Crippen LogP contribution in [-0.4, -0.2) is 36.2 Å². The minimum absolute atomic E-state index is 0.0320. The zero-order valence-electron chi connectivity index (χ0n) is 28.2. The van der Waals surface area contributed by atoms with Crippen LogP contribution in [0.15, 0.2) is 152 Å². The molecule has 0 atom stereocenters. The van der Waals surface area contributed by atoms with Crippen molar-refractivity contribution in [2.45, 2.75) is 13.2 Å². The topological polar surface area (TPSA) is 128 Å². The number of aliphatic hydroxyl groups excluding tert-OH is 2. The van der Waals surface area contributed by atoms with E-state index in [1.165, 1.54) is 23.5 Å². The highest BCUT2D eigenvalue weighted by atomic mass is 32.1. The Balaban J connectivity index is 1.29. The first kappa shape index (κ1) is 33.5. The molecule has 2 heterocycles. The number of aromatic carboxylic acids is 1. The molecule has 0 amide bonds. The van der Waals surface area contributed by atoms with Crippen molar-refractivity contribution in [1.29, 1.82) is 0 Å². The molecule has 258 valence electrons. The predicted octanol–water partition coefficient (Wildman–Crippen LogP) is 6.68. The van der Waals surface area contributed by atoms with Gasteiger partial charge in [-0.3, -0.25) is 0 Å². The van der Waals surface area contributed by atoms with Crippen molar-refractivity contribution in [3.63, 3.8) is 0 Å². The normalized spacial score (nSPS) is 11.1. The van der Waals surface area contributed by atoms with Crippen molar-refractivity contribution in [1.82, 2.24) is 20.0 Å². The number of thiazole rings is 1. The third-order valence-electron chi connectivity index (χ3n) is 9.00. The van der Waals surface area contributed by atoms with Crippen LogP contribution in [0.4, 0.5) is 0 Å². The number of carboxylic acid groups (broad SMARTS) is 1. The fourth-order valence-corrected chi connectivity index (χ4v) is 7.20. The fraction of sp³-hybridized carbons (Fsp3) is 0.0465. The highest BCUT2D eigenvalue weighted by Crippen LogP contribution is 2.39. The standard InChI is InChI=1S/C43H31N5O4S/c49-26-36-20-19-35(25-37(36)27-50)41-45-47(38-23-21-34(22-24-38)42(51)52)48(46-41)43-44-39(32-15-11-30(12-16-32)28-7-3-1-4-8-28)40(53-43)33-17-13-31(14-18-33)29-9-5-2-6-10-29/h1-25,49-50H,26-27H2. The summed E-state index contributed by atoms with van der Waals surface area (Å²) in [5.74, 6) is -0.944. The Kier molecular flexibility index (Phi) is 9.22. The van der Waals surface area contributed by atoms with Crippen LogP contribution in [-0.2, 0) is 13.2 Å². The van der Waals surface area contributed by atoms with Gasteiger partial charge in [0.1, 0.15) is 5.69 Å². The van der Waals surface area contributed by atoms with E-state index in [0.29, 0.717) is 33.3 Å². The first-order chi connectivity index (χ1) is 26.0. The summed E-state index contributed by atoms with van der Waals surface area (Å²) >= 11 is 1.45. The molecule has 2 N–H and O–H groups in total. The van der Waals surface area contributed by atoms with E-state index in [-0.39, 0.29) is 18.8 Å². The number of aliphatic hydroxyl groups is 2. The number of tetrazole rings is 1. The highest BCUT2D eigenvalue weighted by molar-refractivity contribution is 7.17. The van der Waals surface area contributed by atoms with Gasteiger partial charge in [0.25, 0.3) is 5.82 Å². The van der Waals surface area contributed by atoms with Crippen LogP contribution in [0, 0.1) is 0 Å². The van der Waals surface area contributed by atoms with Gasteiger partial charge < -0.3 is 20.1 Å². The van der Waals surface area contributed by atoms with Gasteiger partial charge in [0, 0.05) is 16.2 Å². The molecule has 0 fully saturated rings. The molecule has 53 heavy (non-hydrogen) atoms. The summed E-state index contributed by atoms with van der Waals surface area (Å²) in [5.41, 5.74) is 9.45. The van der Waals surface area contributed by atoms with Gasteiger partial charge in [0.05, 0.1) is 24.1 Å². The molecule has 0 saturated heterocycles. The molecule has 0 radical (unpaired) electrons. The smallest absolute Gasteiger partial charge is 0.365 e. The molecule has 8 aromatic rings. The zero-order chi connectivity index (χ0) is 36.3. The van der Waals surface area contributed by atoms with E-state index in [2.05, 4.69) is 72.8 Å². The number of aromatic nitrogens is 5. The SMILES string of the molecule is O=C([O-])c1ccc(-n2nc(-c3ccc(CO)c(CO)c3)n[n+]2-c2nc(-c3ccc(-c4ccccc4)cc3)c(-c3ccc(-c4ccccc4)cc3)s2)cc1. The van der Waals surface area contributed by atoms with Gasteiger partial charge in [-0.05, 0) is 83.5 Å². The van der Waals surface area contributed by atoms with E-state index in [4.69, 9.17) is 15.2 Å². The summed E-state index contributed by atoms with van der Waals surface area (Å²) < 4.78 is 0. The second-order valence-corrected chi connectivity index (χ2v) is 13.3. The molecule has 9 nitrogen and oxygen atoms in total. The lowest BCUT2D eigenvalue weighted by molar-refractivity contribution is -0.734. The summed E-state index contributed by atoms with van der Waals surface area (Å²) in [6, 6.07) is 48.6. The molecule has 0 unspecified atom stereocenters. The van der Waals surface area contributed by atoms with Gasteiger partial charge in [-0.1, -0.05) is 144 Å². The third kappa shape index (κ3) is 6.77. The quantitative estimate of drug-likeness (QED) is 0.151. The van der Waals surface area contributed by atoms with Gasteiger partial charge in [-0.15, -0.1) is 0 Å². The van der Waals surface area contributed by atoms with E-state index < -0.39 is 5.97 Å². The van der Waals surface area contributed by atoms with E-state index in [1.807, 2.05) is 36.4 Å².